The van der Waals surface area contributed by atoms with E-state index in [1.165, 1.54) is 9.75 Å². The fourth-order valence-corrected chi connectivity index (χ4v) is 3.23. The van der Waals surface area contributed by atoms with Crippen molar-refractivity contribution in [2.75, 3.05) is 7.11 Å². The summed E-state index contributed by atoms with van der Waals surface area (Å²) in [4.78, 5) is 2.70. The summed E-state index contributed by atoms with van der Waals surface area (Å²) in [7, 11) is 1.68. The van der Waals surface area contributed by atoms with E-state index >= 15 is 0 Å². The number of nitrogens with one attached hydrogen (secondary N) is 2. The molecule has 0 radical (unpaired) electrons. The van der Waals surface area contributed by atoms with Crippen LogP contribution in [-0.2, 0) is 13.1 Å². The highest BCUT2D eigenvalue weighted by atomic mass is 35.5. The zero-order chi connectivity index (χ0) is 15.4. The molecule has 0 spiro atoms. The Balaban J connectivity index is 0.00000192. The number of methoxy groups -OCH3 is 1. The molecule has 3 rings (SSSR count). The first kappa shape index (κ1) is 17.5. The van der Waals surface area contributed by atoms with E-state index in [-0.39, 0.29) is 12.4 Å². The molecule has 2 N–H and O–H groups in total. The van der Waals surface area contributed by atoms with Crippen LogP contribution in [0.15, 0.2) is 42.6 Å². The second-order valence-electron chi connectivity index (χ2n) is 5.12. The summed E-state index contributed by atoms with van der Waals surface area (Å²) < 4.78 is 5.29. The van der Waals surface area contributed by atoms with Crippen LogP contribution in [0.2, 0.25) is 0 Å². The first-order valence-corrected chi connectivity index (χ1v) is 8.00. The number of hydrogen-bond acceptors (Lipinski definition) is 4. The van der Waals surface area contributed by atoms with Crippen LogP contribution in [0.4, 0.5) is 0 Å². The molecule has 3 aromatic rings. The van der Waals surface area contributed by atoms with Crippen molar-refractivity contribution in [3.8, 4) is 17.0 Å². The average molecular weight is 350 g/mol. The molecule has 122 valence electrons. The highest BCUT2D eigenvalue weighted by molar-refractivity contribution is 7.11. The lowest BCUT2D eigenvalue weighted by Crippen LogP contribution is -2.11. The van der Waals surface area contributed by atoms with Crippen LogP contribution in [0.1, 0.15) is 15.3 Å². The number of aromatic amines is 1. The summed E-state index contributed by atoms with van der Waals surface area (Å²) in [5, 5.41) is 10.7. The lowest BCUT2D eigenvalue weighted by Gasteiger charge is -2.06. The quantitative estimate of drug-likeness (QED) is 0.702. The lowest BCUT2D eigenvalue weighted by molar-refractivity contribution is 0.415. The van der Waals surface area contributed by atoms with Gasteiger partial charge in [0.1, 0.15) is 5.75 Å². The second-order valence-corrected chi connectivity index (χ2v) is 6.49. The molecule has 1 aromatic carbocycles. The van der Waals surface area contributed by atoms with E-state index in [1.807, 2.05) is 35.7 Å². The van der Waals surface area contributed by atoms with Gasteiger partial charge in [-0.25, -0.2) is 0 Å². The number of nitrogens with zero attached hydrogens (tertiary/aromatic N) is 1. The Morgan fingerprint density at radius 3 is 2.83 bits per heavy atom. The minimum atomic E-state index is 0. The van der Waals surface area contributed by atoms with E-state index in [0.29, 0.717) is 0 Å². The van der Waals surface area contributed by atoms with Gasteiger partial charge >= 0.3 is 0 Å². The fraction of sp³-hybridized carbons (Fsp3) is 0.235. The van der Waals surface area contributed by atoms with Gasteiger partial charge in [0.25, 0.3) is 0 Å². The van der Waals surface area contributed by atoms with Crippen LogP contribution < -0.4 is 10.1 Å². The van der Waals surface area contributed by atoms with Crippen molar-refractivity contribution in [2.45, 2.75) is 20.0 Å². The van der Waals surface area contributed by atoms with Crippen molar-refractivity contribution >= 4 is 23.7 Å². The smallest absolute Gasteiger partial charge is 0.119 e. The number of ether oxygens (including phenoxy) is 1. The molecule has 0 aliphatic carbocycles. The van der Waals surface area contributed by atoms with Gasteiger partial charge < -0.3 is 10.1 Å². The van der Waals surface area contributed by atoms with Crippen LogP contribution >= 0.6 is 23.7 Å². The van der Waals surface area contributed by atoms with Crippen molar-refractivity contribution in [1.82, 2.24) is 15.5 Å². The standard InChI is InChI=1S/C17H19N3OS.ClH/c1-12-6-7-16(22-12)11-18-9-14-10-19-20-17(14)13-4-3-5-15(8-13)21-2;/h3-8,10,18H,9,11H2,1-2H3,(H,19,20);1H. The SMILES string of the molecule is COc1cccc(-c2[nH]ncc2CNCc2ccc(C)s2)c1.Cl. The highest BCUT2D eigenvalue weighted by Gasteiger charge is 2.08. The minimum absolute atomic E-state index is 0. The van der Waals surface area contributed by atoms with Crippen molar-refractivity contribution in [2.24, 2.45) is 0 Å². The molecule has 0 saturated carbocycles. The molecule has 0 bridgehead atoms. The largest absolute Gasteiger partial charge is 0.497 e. The summed E-state index contributed by atoms with van der Waals surface area (Å²) in [6, 6.07) is 12.3. The lowest BCUT2D eigenvalue weighted by atomic mass is 10.1. The summed E-state index contributed by atoms with van der Waals surface area (Å²) in [6.45, 7) is 3.78. The Morgan fingerprint density at radius 1 is 1.22 bits per heavy atom. The van der Waals surface area contributed by atoms with Crippen LogP contribution in [0.5, 0.6) is 5.75 Å². The number of rotatable bonds is 6. The Bertz CT molecular complexity index is 754. The number of thiophene rings is 1. The van der Waals surface area contributed by atoms with Gasteiger partial charge in [-0.15, -0.1) is 23.7 Å². The van der Waals surface area contributed by atoms with E-state index in [1.54, 1.807) is 7.11 Å². The van der Waals surface area contributed by atoms with Gasteiger partial charge in [0.05, 0.1) is 19.0 Å². The average Bonchev–Trinajstić information content (AvgIpc) is 3.16. The van der Waals surface area contributed by atoms with Crippen LogP contribution in [0, 0.1) is 6.92 Å². The maximum Gasteiger partial charge on any atom is 0.119 e. The number of hydrogen-bond donors (Lipinski definition) is 2. The monoisotopic (exact) mass is 349 g/mol. The van der Waals surface area contributed by atoms with Crippen molar-refractivity contribution in [3.63, 3.8) is 0 Å². The molecule has 4 nitrogen and oxygen atoms in total. The topological polar surface area (TPSA) is 49.9 Å². The predicted octanol–water partition coefficient (Wildman–Crippen LogP) is 4.17. The third-order valence-corrected chi connectivity index (χ3v) is 4.49. The Hall–Kier alpha value is -1.82. The third-order valence-electron chi connectivity index (χ3n) is 3.49. The highest BCUT2D eigenvalue weighted by Crippen LogP contribution is 2.25. The molecule has 2 heterocycles. The van der Waals surface area contributed by atoms with Gasteiger partial charge in [0, 0.05) is 34.0 Å². The van der Waals surface area contributed by atoms with Gasteiger partial charge in [-0.05, 0) is 31.2 Å². The fourth-order valence-electron chi connectivity index (χ4n) is 2.37. The predicted molar refractivity (Wildman–Crippen MR) is 97.4 cm³/mol. The Labute approximate surface area is 146 Å². The molecule has 0 aliphatic heterocycles. The van der Waals surface area contributed by atoms with Gasteiger partial charge in [-0.3, -0.25) is 5.10 Å². The molecular formula is C17H20ClN3OS. The molecule has 0 saturated heterocycles. The van der Waals surface area contributed by atoms with E-state index in [0.717, 1.165) is 35.7 Å². The molecule has 2 aromatic heterocycles. The number of halogens is 1. The number of aryl methyl sites for hydroxylation is 1. The summed E-state index contributed by atoms with van der Waals surface area (Å²) >= 11 is 1.83. The van der Waals surface area contributed by atoms with Crippen molar-refractivity contribution < 1.29 is 4.74 Å². The van der Waals surface area contributed by atoms with Crippen molar-refractivity contribution in [3.05, 3.63) is 57.9 Å². The van der Waals surface area contributed by atoms with Crippen molar-refractivity contribution in [1.29, 1.82) is 0 Å². The molecule has 0 aliphatic rings. The molecule has 0 unspecified atom stereocenters. The van der Waals surface area contributed by atoms with Gasteiger partial charge in [0.2, 0.25) is 0 Å². The molecular weight excluding hydrogens is 330 g/mol. The van der Waals surface area contributed by atoms with E-state index in [9.17, 15) is 0 Å². The number of benzene rings is 1. The van der Waals surface area contributed by atoms with E-state index in [2.05, 4.69) is 40.6 Å². The second kappa shape index (κ2) is 8.15. The summed E-state index contributed by atoms with van der Waals surface area (Å²) in [6.07, 6.45) is 1.88. The first-order valence-electron chi connectivity index (χ1n) is 7.19. The molecule has 0 amide bonds. The number of H-pyrrole nitrogens is 1. The zero-order valence-electron chi connectivity index (χ0n) is 13.1. The van der Waals surface area contributed by atoms with Crippen LogP contribution in [0.3, 0.4) is 0 Å². The molecule has 0 fully saturated rings. The third kappa shape index (κ3) is 4.34. The van der Waals surface area contributed by atoms with Gasteiger partial charge in [-0.1, -0.05) is 12.1 Å². The summed E-state index contributed by atoms with van der Waals surface area (Å²) in [5.74, 6) is 0.847. The summed E-state index contributed by atoms with van der Waals surface area (Å²) in [5.41, 5.74) is 3.27. The Kier molecular flexibility index (Phi) is 6.21. The van der Waals surface area contributed by atoms with Crippen LogP contribution in [0.25, 0.3) is 11.3 Å². The van der Waals surface area contributed by atoms with E-state index < -0.39 is 0 Å². The zero-order valence-corrected chi connectivity index (χ0v) is 14.8. The normalized spacial score (nSPS) is 10.3. The van der Waals surface area contributed by atoms with Gasteiger partial charge in [0.15, 0.2) is 0 Å². The van der Waals surface area contributed by atoms with Crippen LogP contribution in [-0.4, -0.2) is 17.3 Å². The van der Waals surface area contributed by atoms with Gasteiger partial charge in [-0.2, -0.15) is 5.10 Å². The molecule has 23 heavy (non-hydrogen) atoms. The first-order chi connectivity index (χ1) is 10.8. The maximum atomic E-state index is 5.29. The number of aromatic nitrogens is 2. The van der Waals surface area contributed by atoms with E-state index in [4.69, 9.17) is 4.74 Å². The Morgan fingerprint density at radius 2 is 2.09 bits per heavy atom. The maximum absolute atomic E-state index is 5.29. The molecule has 0 atom stereocenters. The minimum Gasteiger partial charge on any atom is -0.497 e. The molecule has 6 heteroatoms.